The van der Waals surface area contributed by atoms with E-state index in [0.29, 0.717) is 96.1 Å². The number of nitro groups is 8. The lowest BCUT2D eigenvalue weighted by Gasteiger charge is -2.32. The molecule has 0 bridgehead atoms. The zero-order chi connectivity index (χ0) is 95.6. The lowest BCUT2D eigenvalue weighted by molar-refractivity contribution is -0.393. The summed E-state index contributed by atoms with van der Waals surface area (Å²) in [6.07, 6.45) is 4.55. The molecule has 0 saturated carbocycles. The van der Waals surface area contributed by atoms with Crippen molar-refractivity contribution in [1.82, 2.24) is 59.0 Å². The number of esters is 2. The Morgan fingerprint density at radius 2 is 0.831 bits per heavy atom. The molecule has 15 aromatic rings. The number of aliphatic hydroxyl groups is 1. The summed E-state index contributed by atoms with van der Waals surface area (Å²) >= 11 is 14.6. The number of nitrogen functional groups attached to an aromatic ring is 4. The van der Waals surface area contributed by atoms with Crippen LogP contribution >= 0.6 is 99.9 Å². The fourth-order valence-electron chi connectivity index (χ4n) is 11.0. The van der Waals surface area contributed by atoms with E-state index in [0.717, 1.165) is 22.8 Å². The van der Waals surface area contributed by atoms with Crippen LogP contribution in [-0.2, 0) is 46.3 Å². The SMILES string of the molecule is Brc1cscn1.CC1(C)OB(c2cc([N+](=O)[O-])cc([N+](=O)[O-])c2N)OC1(C)C.COC(=O)CBr.COC(=O)Cn1cnc2c(-c3cscn3)cc([N+](=O)[O-])cc21.Nc1c(-c2cscn2)cc([N+](=O)[O-])cc1[N+](=O)[O-].Nc1cc([N+](=O)[O-])cc(-c2cscn2)c1N.O=CO.O=[N+]([O-])c1cc(-c2cscn2)c2nc[nH]c2c1.O=[N+]([O-])c1cc(-c2cscn2)c2ncn(CCO)c2c1. The minimum atomic E-state index is -1.01. The van der Waals surface area contributed by atoms with Gasteiger partial charge in [-0.15, -0.1) is 68.0 Å². The van der Waals surface area contributed by atoms with Gasteiger partial charge in [0.05, 0.1) is 209 Å². The third-order valence-electron chi connectivity index (χ3n) is 17.8. The molecular weight excluding hydrogens is 1960 g/mol. The van der Waals surface area contributed by atoms with Crippen LogP contribution in [0.1, 0.15) is 27.7 Å². The summed E-state index contributed by atoms with van der Waals surface area (Å²) < 4.78 is 24.5. The highest BCUT2D eigenvalue weighted by Gasteiger charge is 2.53. The van der Waals surface area contributed by atoms with E-state index >= 15 is 0 Å². The third kappa shape index (κ3) is 25.8. The number of aliphatic hydroxyl groups excluding tert-OH is 1. The minimum absolute atomic E-state index is 0.0137. The summed E-state index contributed by atoms with van der Waals surface area (Å²) in [5.41, 5.74) is 38.8. The van der Waals surface area contributed by atoms with Crippen LogP contribution in [0.5, 0.6) is 0 Å². The number of fused-ring (bicyclic) bond motifs is 3. The van der Waals surface area contributed by atoms with E-state index in [-0.39, 0.29) is 87.4 Å². The Morgan fingerprint density at radius 1 is 0.477 bits per heavy atom. The second-order valence-corrected chi connectivity index (χ2v) is 31.8. The molecule has 1 saturated heterocycles. The molecule has 16 rings (SSSR count). The highest BCUT2D eigenvalue weighted by molar-refractivity contribution is 9.10. The van der Waals surface area contributed by atoms with Gasteiger partial charge in [0.1, 0.15) is 27.9 Å². The molecule has 130 heavy (non-hydrogen) atoms. The van der Waals surface area contributed by atoms with Crippen LogP contribution in [0.25, 0.3) is 89.4 Å². The van der Waals surface area contributed by atoms with Gasteiger partial charge in [-0.25, -0.2) is 44.9 Å². The zero-order valence-corrected chi connectivity index (χ0v) is 75.4. The molecule has 0 amide bonds. The van der Waals surface area contributed by atoms with Crippen molar-refractivity contribution in [3.05, 3.63) is 243 Å². The number of hydrogen-bond donors (Lipinski definition) is 7. The van der Waals surface area contributed by atoms with Crippen LogP contribution < -0.4 is 28.4 Å². The minimum Gasteiger partial charge on any atom is -0.483 e. The number of nitrogens with one attached hydrogen (secondary N) is 1. The number of halogens is 2. The number of methoxy groups -OCH3 is 2. The highest BCUT2D eigenvalue weighted by Crippen LogP contribution is 2.42. The van der Waals surface area contributed by atoms with E-state index in [9.17, 15) is 90.5 Å². The maximum atomic E-state index is 11.4. The Kier molecular flexibility index (Phi) is 35.7. The fourth-order valence-corrected chi connectivity index (χ4v) is 14.9. The second kappa shape index (κ2) is 46.1. The Labute approximate surface area is 768 Å². The number of benzene rings is 6. The predicted molar refractivity (Wildman–Crippen MR) is 490 cm³/mol. The smallest absolute Gasteiger partial charge is 0.483 e. The topological polar surface area (TPSA) is 719 Å². The van der Waals surface area contributed by atoms with Crippen LogP contribution in [0.2, 0.25) is 0 Å². The number of nitro benzene ring substituents is 8. The van der Waals surface area contributed by atoms with E-state index in [1.54, 1.807) is 93.6 Å². The molecule has 676 valence electrons. The molecule has 1 aliphatic rings. The molecule has 0 spiro atoms. The first-order valence-electron chi connectivity index (χ1n) is 35.6. The Morgan fingerprint density at radius 3 is 1.19 bits per heavy atom. The average molecular weight is 2030 g/mol. The molecule has 49 nitrogen and oxygen atoms in total. The number of rotatable bonds is 19. The average Bonchev–Trinajstić information content (AvgIpc) is 1.72. The fraction of sp³-hybridized carbons (Fsp3) is 0.167. The number of ether oxygens (including phenoxy) is 2. The first kappa shape index (κ1) is 101. The van der Waals surface area contributed by atoms with Gasteiger partial charge >= 0.3 is 19.1 Å². The molecule has 6 aromatic carbocycles. The third-order valence-corrected chi connectivity index (χ3v) is 22.5. The van der Waals surface area contributed by atoms with Crippen LogP contribution in [0.15, 0.2) is 162 Å². The molecule has 11 N–H and O–H groups in total. The largest absolute Gasteiger partial charge is 0.497 e. The van der Waals surface area contributed by atoms with Gasteiger partial charge in [0.15, 0.2) is 0 Å². The van der Waals surface area contributed by atoms with Gasteiger partial charge in [-0.1, -0.05) is 15.9 Å². The van der Waals surface area contributed by atoms with Crippen molar-refractivity contribution in [2.75, 3.05) is 49.1 Å². The van der Waals surface area contributed by atoms with E-state index in [1.807, 2.05) is 16.1 Å². The maximum absolute atomic E-state index is 11.4. The number of carboxylic acid groups (broad SMARTS) is 1. The Bertz CT molecular complexity index is 6530. The molecule has 1 aliphatic heterocycles. The summed E-state index contributed by atoms with van der Waals surface area (Å²) in [4.78, 5) is 152. The standard InChI is InChI=1S/C13H10N4O4S.C12H16BN3O6.C12H10N4O3S.C10H6N4O2S.C9H6N4O4S.C9H8N4O2S.C3H2BrNS.C3H5BrO2.CH2O2/c1-21-12(18)4-16-6-14-13-9(10-5-22-7-15-10)2-8(17(19)20)3-11(13)16;1-11(2)12(3,4)22-13(21-11)8-5-7(15(17)18)6-9(10(8)14)16(19)20;17-2-1-15-6-13-12-9(10-5-20-7-14-10)3-8(16(18)19)4-11(12)15;15-14(16)6-1-7(9-3-17-5-13-9)10-8(2-6)11-4-12-10;10-9-6(7-3-18-4-11-7)1-5(12(14)15)2-8(9)13(16)17;10-7-2-5(13(14)15)1-6(9(7)11)8-3-16-4-12-8;4-3-1-6-2-5-3;1-6-3(5)2-4;2-1-3/h2-3,5-7H,4H2,1H3;5-6H,14H2,1-4H3;3-7,17H,1-2H2;1-5H,(H,11,12);1-4H,10H2;1-4H,10-11H2;1-2H;2H2,1H3;1H,(H,2,3). The molecule has 0 radical (unpaired) electrons. The zero-order valence-electron chi connectivity index (χ0n) is 67.4. The summed E-state index contributed by atoms with van der Waals surface area (Å²) in [5.74, 6) is -0.698. The van der Waals surface area contributed by atoms with E-state index in [2.05, 4.69) is 91.2 Å². The number of anilines is 4. The summed E-state index contributed by atoms with van der Waals surface area (Å²) in [6, 6.07) is 15.3. The quantitative estimate of drug-likeness (QED) is 0.00752. The maximum Gasteiger partial charge on any atom is 0.497 e. The number of non-ortho nitro benzene ring substituents is 6. The monoisotopic (exact) mass is 2030 g/mol. The molecular formula is C72H65BBr2N24O25S6. The van der Waals surface area contributed by atoms with Crippen molar-refractivity contribution < 1.29 is 82.8 Å². The first-order chi connectivity index (χ1) is 61.7. The van der Waals surface area contributed by atoms with E-state index in [1.165, 1.54) is 148 Å². The molecule has 0 aliphatic carbocycles. The molecule has 10 heterocycles. The number of aromatic amines is 1. The number of carbonyl (C=O) groups excluding carboxylic acids is 2. The molecule has 9 aromatic heterocycles. The normalized spacial score (nSPS) is 11.7. The number of hydrogen-bond acceptors (Lipinski definition) is 43. The van der Waals surface area contributed by atoms with Crippen molar-refractivity contribution in [1.29, 1.82) is 0 Å². The molecule has 0 unspecified atom stereocenters. The van der Waals surface area contributed by atoms with Crippen molar-refractivity contribution >= 4 is 232 Å². The predicted octanol–water partition coefficient (Wildman–Crippen LogP) is 14.5. The van der Waals surface area contributed by atoms with Crippen LogP contribution in [0.4, 0.5) is 68.2 Å². The van der Waals surface area contributed by atoms with Crippen molar-refractivity contribution in [2.45, 2.75) is 52.0 Å². The van der Waals surface area contributed by atoms with Crippen molar-refractivity contribution in [3.8, 4) is 56.3 Å². The van der Waals surface area contributed by atoms with Gasteiger partial charge in [-0.3, -0.25) is 95.3 Å². The van der Waals surface area contributed by atoms with Gasteiger partial charge in [-0.05, 0) is 43.6 Å². The Hall–Kier alpha value is -14.8. The lowest BCUT2D eigenvalue weighted by Crippen LogP contribution is -2.41. The first-order valence-corrected chi connectivity index (χ1v) is 43.2. The molecule has 58 heteroatoms. The number of H-pyrrole nitrogens is 1. The summed E-state index contributed by atoms with van der Waals surface area (Å²) in [6.45, 7) is 7.17. The number of carbonyl (C=O) groups is 3. The van der Waals surface area contributed by atoms with Crippen LogP contribution in [0.3, 0.4) is 0 Å². The van der Waals surface area contributed by atoms with Gasteiger partial charge < -0.3 is 66.0 Å². The van der Waals surface area contributed by atoms with Crippen molar-refractivity contribution in [3.63, 3.8) is 0 Å². The van der Waals surface area contributed by atoms with Crippen LogP contribution in [-0.4, -0.2) is 171 Å². The number of thiazole rings is 6. The number of imidazole rings is 3. The van der Waals surface area contributed by atoms with Gasteiger partial charge in [0.2, 0.25) is 0 Å². The van der Waals surface area contributed by atoms with Gasteiger partial charge in [0, 0.05) is 133 Å². The summed E-state index contributed by atoms with van der Waals surface area (Å²) in [7, 11) is 1.62. The highest BCUT2D eigenvalue weighted by atomic mass is 79.9. The van der Waals surface area contributed by atoms with E-state index in [4.69, 9.17) is 47.3 Å². The van der Waals surface area contributed by atoms with E-state index < -0.39 is 80.7 Å². The molecule has 1 fully saturated rings. The van der Waals surface area contributed by atoms with Crippen LogP contribution in [0, 0.1) is 80.9 Å². The lowest BCUT2D eigenvalue weighted by atomic mass is 9.77. The summed E-state index contributed by atoms with van der Waals surface area (Å²) in [5, 5.41) is 114. The number of aromatic nitrogens is 12. The number of nitrogens with zero attached hydrogens (tertiary/aromatic N) is 19. The van der Waals surface area contributed by atoms with Crippen molar-refractivity contribution in [2.24, 2.45) is 0 Å². The second-order valence-electron chi connectivity index (χ2n) is 26.2. The van der Waals surface area contributed by atoms with Gasteiger partial charge in [-0.2, -0.15) is 0 Å². The molecule has 0 atom stereocenters. The number of alkyl halides is 1. The number of nitrogens with two attached hydrogens (primary N) is 4. The van der Waals surface area contributed by atoms with Gasteiger partial charge in [0.25, 0.3) is 52.0 Å². The Balaban J connectivity index is 0.000000187.